The summed E-state index contributed by atoms with van der Waals surface area (Å²) < 4.78 is 0. The minimum Gasteiger partial charge on any atom is -0.389 e. The molecule has 1 heterocycles. The van der Waals surface area contributed by atoms with E-state index in [0.29, 0.717) is 0 Å². The van der Waals surface area contributed by atoms with Gasteiger partial charge in [-0.05, 0) is 43.2 Å². The number of halogens is 1. The molecule has 0 aliphatic heterocycles. The number of rotatable bonds is 4. The molecule has 2 aromatic rings. The second-order valence-corrected chi connectivity index (χ2v) is 5.40. The Morgan fingerprint density at radius 1 is 1.15 bits per heavy atom. The number of aromatic nitrogens is 1. The van der Waals surface area contributed by atoms with E-state index in [1.807, 2.05) is 37.4 Å². The molecule has 0 spiro atoms. The van der Waals surface area contributed by atoms with Gasteiger partial charge in [0, 0.05) is 18.3 Å². The van der Waals surface area contributed by atoms with Crippen LogP contribution in [-0.2, 0) is 0 Å². The molecule has 4 heteroatoms. The van der Waals surface area contributed by atoms with Crippen molar-refractivity contribution in [2.75, 3.05) is 11.9 Å². The molecular formula is C16H19ClN2O. The van der Waals surface area contributed by atoms with E-state index in [9.17, 15) is 5.11 Å². The predicted octanol–water partition coefficient (Wildman–Crippen LogP) is 3.99. The summed E-state index contributed by atoms with van der Waals surface area (Å²) in [7, 11) is 2.00. The molecule has 1 unspecified atom stereocenters. The number of anilines is 1. The zero-order chi connectivity index (χ0) is 14.7. The summed E-state index contributed by atoms with van der Waals surface area (Å²) >= 11 is 6.03. The van der Waals surface area contributed by atoms with Crippen LogP contribution < -0.4 is 4.90 Å². The monoisotopic (exact) mass is 290 g/mol. The van der Waals surface area contributed by atoms with Crippen LogP contribution in [0.4, 0.5) is 5.82 Å². The predicted molar refractivity (Wildman–Crippen MR) is 83.1 cm³/mol. The van der Waals surface area contributed by atoms with E-state index < -0.39 is 6.10 Å². The fraction of sp³-hybridized carbons (Fsp3) is 0.312. The molecule has 0 fully saturated rings. The minimum absolute atomic E-state index is 0.165. The highest BCUT2D eigenvalue weighted by Crippen LogP contribution is 2.26. The van der Waals surface area contributed by atoms with Crippen molar-refractivity contribution in [1.29, 1.82) is 0 Å². The van der Waals surface area contributed by atoms with Crippen molar-refractivity contribution >= 4 is 17.4 Å². The number of aliphatic hydroxyl groups is 1. The molecule has 2 atom stereocenters. The van der Waals surface area contributed by atoms with Gasteiger partial charge < -0.3 is 10.0 Å². The Kier molecular flexibility index (Phi) is 4.63. The molecule has 1 N–H and O–H groups in total. The quantitative estimate of drug-likeness (QED) is 0.925. The maximum absolute atomic E-state index is 9.50. The molecule has 0 saturated heterocycles. The lowest BCUT2D eigenvalue weighted by atomic mass is 10.1. The Hall–Kier alpha value is -1.58. The zero-order valence-electron chi connectivity index (χ0n) is 11.9. The summed E-state index contributed by atoms with van der Waals surface area (Å²) in [6.45, 7) is 3.84. The summed E-state index contributed by atoms with van der Waals surface area (Å²) in [6.07, 6.45) is 1.22. The lowest BCUT2D eigenvalue weighted by molar-refractivity contribution is 0.199. The van der Waals surface area contributed by atoms with Gasteiger partial charge in [0.2, 0.25) is 0 Å². The molecule has 0 aliphatic carbocycles. The highest BCUT2D eigenvalue weighted by Gasteiger charge is 2.14. The summed E-state index contributed by atoms with van der Waals surface area (Å²) in [5.41, 5.74) is 1.96. The molecule has 20 heavy (non-hydrogen) atoms. The van der Waals surface area contributed by atoms with E-state index in [-0.39, 0.29) is 6.04 Å². The first-order valence-electron chi connectivity index (χ1n) is 6.61. The summed E-state index contributed by atoms with van der Waals surface area (Å²) in [6, 6.07) is 11.8. The number of nitrogens with zero attached hydrogens (tertiary/aromatic N) is 2. The van der Waals surface area contributed by atoms with Crippen molar-refractivity contribution in [3.05, 3.63) is 58.7 Å². The first-order valence-corrected chi connectivity index (χ1v) is 6.99. The van der Waals surface area contributed by atoms with Crippen LogP contribution >= 0.6 is 11.6 Å². The molecule has 2 rings (SSSR count). The van der Waals surface area contributed by atoms with Crippen molar-refractivity contribution in [3.8, 4) is 0 Å². The van der Waals surface area contributed by atoms with Crippen LogP contribution in [0, 0.1) is 0 Å². The van der Waals surface area contributed by atoms with Gasteiger partial charge in [0.1, 0.15) is 5.82 Å². The lowest BCUT2D eigenvalue weighted by Crippen LogP contribution is -2.22. The standard InChI is InChI=1S/C16H19ClN2O/c1-11(13-5-4-6-15(17)9-13)19(3)16-8-7-14(10-18-16)12(2)20/h4-12,20H,1-3H3/t11?,12-/m1/s1. The van der Waals surface area contributed by atoms with Crippen LogP contribution in [0.15, 0.2) is 42.6 Å². The van der Waals surface area contributed by atoms with Gasteiger partial charge in [-0.1, -0.05) is 29.8 Å². The smallest absolute Gasteiger partial charge is 0.128 e. The molecule has 1 aromatic heterocycles. The molecule has 106 valence electrons. The van der Waals surface area contributed by atoms with Crippen LogP contribution in [0.25, 0.3) is 0 Å². The first kappa shape index (κ1) is 14.8. The van der Waals surface area contributed by atoms with Gasteiger partial charge in [-0.3, -0.25) is 0 Å². The van der Waals surface area contributed by atoms with Gasteiger partial charge in [0.25, 0.3) is 0 Å². The third-order valence-electron chi connectivity index (χ3n) is 3.53. The fourth-order valence-corrected chi connectivity index (χ4v) is 2.24. The Morgan fingerprint density at radius 3 is 2.45 bits per heavy atom. The molecular weight excluding hydrogens is 272 g/mol. The lowest BCUT2D eigenvalue weighted by Gasteiger charge is -2.26. The second-order valence-electron chi connectivity index (χ2n) is 4.97. The van der Waals surface area contributed by atoms with Crippen molar-refractivity contribution in [1.82, 2.24) is 4.98 Å². The SMILES string of the molecule is CC(c1cccc(Cl)c1)N(C)c1ccc([C@@H](C)O)cn1. The van der Waals surface area contributed by atoms with Crippen molar-refractivity contribution < 1.29 is 5.11 Å². The Balaban J connectivity index is 2.20. The van der Waals surface area contributed by atoms with Gasteiger partial charge in [-0.2, -0.15) is 0 Å². The molecule has 0 bridgehead atoms. The zero-order valence-corrected chi connectivity index (χ0v) is 12.7. The van der Waals surface area contributed by atoms with Crippen LogP contribution in [0.5, 0.6) is 0 Å². The largest absolute Gasteiger partial charge is 0.389 e. The van der Waals surface area contributed by atoms with Crippen molar-refractivity contribution in [2.24, 2.45) is 0 Å². The van der Waals surface area contributed by atoms with Crippen LogP contribution in [0.2, 0.25) is 5.02 Å². The van der Waals surface area contributed by atoms with Crippen LogP contribution in [-0.4, -0.2) is 17.1 Å². The summed E-state index contributed by atoms with van der Waals surface area (Å²) in [4.78, 5) is 6.48. The topological polar surface area (TPSA) is 36.4 Å². The number of benzene rings is 1. The molecule has 0 amide bonds. The maximum Gasteiger partial charge on any atom is 0.128 e. The van der Waals surface area contributed by atoms with Crippen LogP contribution in [0.1, 0.15) is 37.1 Å². The van der Waals surface area contributed by atoms with Gasteiger partial charge in [0.05, 0.1) is 12.1 Å². The minimum atomic E-state index is -0.493. The van der Waals surface area contributed by atoms with E-state index >= 15 is 0 Å². The second kappa shape index (κ2) is 6.25. The summed E-state index contributed by atoms with van der Waals surface area (Å²) in [5, 5.41) is 10.2. The van der Waals surface area contributed by atoms with Crippen molar-refractivity contribution in [2.45, 2.75) is 26.0 Å². The highest BCUT2D eigenvalue weighted by atomic mass is 35.5. The number of hydrogen-bond donors (Lipinski definition) is 1. The molecule has 0 radical (unpaired) electrons. The Morgan fingerprint density at radius 2 is 1.90 bits per heavy atom. The molecule has 0 saturated carbocycles. The maximum atomic E-state index is 9.50. The normalized spacial score (nSPS) is 13.8. The number of hydrogen-bond acceptors (Lipinski definition) is 3. The Labute approximate surface area is 124 Å². The number of pyridine rings is 1. The average molecular weight is 291 g/mol. The number of aliphatic hydroxyl groups excluding tert-OH is 1. The fourth-order valence-electron chi connectivity index (χ4n) is 2.04. The Bertz CT molecular complexity index is 569. The van der Waals surface area contributed by atoms with E-state index in [2.05, 4.69) is 22.9 Å². The first-order chi connectivity index (χ1) is 9.49. The van der Waals surface area contributed by atoms with E-state index in [1.165, 1.54) is 0 Å². The van der Waals surface area contributed by atoms with Gasteiger partial charge >= 0.3 is 0 Å². The highest BCUT2D eigenvalue weighted by molar-refractivity contribution is 6.30. The third kappa shape index (κ3) is 3.30. The van der Waals surface area contributed by atoms with Crippen LogP contribution in [0.3, 0.4) is 0 Å². The van der Waals surface area contributed by atoms with E-state index in [1.54, 1.807) is 13.1 Å². The third-order valence-corrected chi connectivity index (χ3v) is 3.76. The average Bonchev–Trinajstić information content (AvgIpc) is 2.46. The van der Waals surface area contributed by atoms with E-state index in [4.69, 9.17) is 11.6 Å². The van der Waals surface area contributed by atoms with E-state index in [0.717, 1.165) is 22.0 Å². The van der Waals surface area contributed by atoms with Crippen molar-refractivity contribution in [3.63, 3.8) is 0 Å². The summed E-state index contributed by atoms with van der Waals surface area (Å²) in [5.74, 6) is 0.863. The van der Waals surface area contributed by atoms with Gasteiger partial charge in [-0.15, -0.1) is 0 Å². The van der Waals surface area contributed by atoms with Gasteiger partial charge in [0.15, 0.2) is 0 Å². The molecule has 3 nitrogen and oxygen atoms in total. The molecule has 1 aromatic carbocycles. The van der Waals surface area contributed by atoms with Gasteiger partial charge in [-0.25, -0.2) is 4.98 Å². The molecule has 0 aliphatic rings.